The number of halogens is 3. The van der Waals surface area contributed by atoms with Crippen LogP contribution in [0, 0.1) is 0 Å². The zero-order valence-corrected chi connectivity index (χ0v) is 10.3. The Morgan fingerprint density at radius 3 is 2.75 bits per heavy atom. The molecule has 2 heterocycles. The molecule has 0 unspecified atom stereocenters. The zero-order valence-electron chi connectivity index (χ0n) is 10.3. The summed E-state index contributed by atoms with van der Waals surface area (Å²) in [4.78, 5) is 13.0. The monoisotopic (exact) mass is 289 g/mol. The molecule has 0 aromatic carbocycles. The van der Waals surface area contributed by atoms with Gasteiger partial charge in [-0.3, -0.25) is 14.8 Å². The van der Waals surface area contributed by atoms with Gasteiger partial charge >= 0.3 is 6.18 Å². The van der Waals surface area contributed by atoms with Gasteiger partial charge in [0.2, 0.25) is 0 Å². The van der Waals surface area contributed by atoms with Gasteiger partial charge in [0.05, 0.1) is 6.54 Å². The molecule has 11 heteroatoms. The van der Waals surface area contributed by atoms with Crippen LogP contribution in [0.15, 0.2) is 12.3 Å². The molecule has 0 spiro atoms. The number of carbonyl (C=O) groups excluding carboxylic acids is 1. The Bertz CT molecular complexity index is 603. The van der Waals surface area contributed by atoms with Crippen LogP contribution in [-0.2, 0) is 13.1 Å². The highest BCUT2D eigenvalue weighted by molar-refractivity contribution is 6.01. The summed E-state index contributed by atoms with van der Waals surface area (Å²) < 4.78 is 37.1. The minimum absolute atomic E-state index is 0.0396. The number of rotatable bonds is 4. The van der Waals surface area contributed by atoms with Crippen molar-refractivity contribution in [3.8, 4) is 0 Å². The molecule has 0 atom stereocenters. The summed E-state index contributed by atoms with van der Waals surface area (Å²) in [5.74, 6) is -0.746. The van der Waals surface area contributed by atoms with Crippen LogP contribution in [0.3, 0.4) is 0 Å². The number of amides is 1. The van der Waals surface area contributed by atoms with Gasteiger partial charge in [-0.2, -0.15) is 23.1 Å². The van der Waals surface area contributed by atoms with Crippen molar-refractivity contribution in [2.24, 2.45) is 0 Å². The van der Waals surface area contributed by atoms with Crippen molar-refractivity contribution in [1.82, 2.24) is 30.0 Å². The smallest absolute Gasteiger partial charge is 0.286 e. The van der Waals surface area contributed by atoms with Crippen molar-refractivity contribution < 1.29 is 18.0 Å². The molecule has 0 aliphatic heterocycles. The van der Waals surface area contributed by atoms with E-state index in [0.29, 0.717) is 11.2 Å². The fraction of sp³-hybridized carbons (Fsp3) is 0.444. The van der Waals surface area contributed by atoms with E-state index in [1.807, 2.05) is 0 Å². The van der Waals surface area contributed by atoms with Gasteiger partial charge < -0.3 is 0 Å². The molecule has 1 amide bonds. The maximum Gasteiger partial charge on any atom is 0.408 e. The summed E-state index contributed by atoms with van der Waals surface area (Å²) in [5, 5.41) is 16.8. The highest BCUT2D eigenvalue weighted by Crippen LogP contribution is 2.17. The van der Waals surface area contributed by atoms with Crippen molar-refractivity contribution >= 4 is 11.9 Å². The summed E-state index contributed by atoms with van der Waals surface area (Å²) >= 11 is 0. The van der Waals surface area contributed by atoms with Crippen molar-refractivity contribution in [1.29, 1.82) is 0 Å². The third-order valence-corrected chi connectivity index (χ3v) is 2.18. The number of carbonyl (C=O) groups is 1. The average molecular weight is 289 g/mol. The predicted molar refractivity (Wildman–Crippen MR) is 59.7 cm³/mol. The summed E-state index contributed by atoms with van der Waals surface area (Å²) in [6.07, 6.45) is -3.33. The molecule has 1 N–H and O–H groups in total. The van der Waals surface area contributed by atoms with Gasteiger partial charge in [0.15, 0.2) is 5.69 Å². The molecule has 0 aliphatic rings. The lowest BCUT2D eigenvalue weighted by Crippen LogP contribution is -2.19. The third-order valence-electron chi connectivity index (χ3n) is 2.18. The highest BCUT2D eigenvalue weighted by Gasteiger charge is 2.28. The first-order valence-electron chi connectivity index (χ1n) is 5.57. The normalized spacial score (nSPS) is 11.6. The highest BCUT2D eigenvalue weighted by atomic mass is 19.4. The number of nitrogens with zero attached hydrogens (tertiary/aromatic N) is 6. The van der Waals surface area contributed by atoms with E-state index in [1.54, 1.807) is 6.92 Å². The molecule has 108 valence electrons. The largest absolute Gasteiger partial charge is 0.408 e. The molecule has 0 radical (unpaired) electrons. The Balaban J connectivity index is 2.02. The summed E-state index contributed by atoms with van der Waals surface area (Å²) in [6, 6.07) is 1.17. The molecule has 2 rings (SSSR count). The molecule has 8 nitrogen and oxygen atoms in total. The second kappa shape index (κ2) is 5.27. The zero-order chi connectivity index (χ0) is 14.8. The van der Waals surface area contributed by atoms with Crippen molar-refractivity contribution in [2.45, 2.75) is 26.2 Å². The number of tetrazole rings is 1. The third kappa shape index (κ3) is 3.52. The predicted octanol–water partition coefficient (Wildman–Crippen LogP) is 0.704. The standard InChI is InChI=1S/C9H10F3N7O/c1-2-19-16-8(14-17-19)13-7(20)6-3-4-18(15-6)5-9(10,11)12/h3-4H,2,5H2,1H3,(H,13,16,20). The fourth-order valence-electron chi connectivity index (χ4n) is 1.35. The van der Waals surface area contributed by atoms with Gasteiger partial charge in [-0.05, 0) is 18.2 Å². The molecule has 20 heavy (non-hydrogen) atoms. The molecule has 0 saturated heterocycles. The summed E-state index contributed by atoms with van der Waals surface area (Å²) in [6.45, 7) is 1.000. The number of anilines is 1. The summed E-state index contributed by atoms with van der Waals surface area (Å²) in [7, 11) is 0. The van der Waals surface area contributed by atoms with Crippen molar-refractivity contribution in [2.75, 3.05) is 5.32 Å². The van der Waals surface area contributed by atoms with Crippen LogP contribution in [0.2, 0.25) is 0 Å². The Hall–Kier alpha value is -2.46. The fourth-order valence-corrected chi connectivity index (χ4v) is 1.35. The number of hydrogen-bond acceptors (Lipinski definition) is 5. The van der Waals surface area contributed by atoms with E-state index in [-0.39, 0.29) is 11.6 Å². The molecule has 2 aromatic heterocycles. The van der Waals surface area contributed by atoms with Gasteiger partial charge in [0.1, 0.15) is 6.54 Å². The van der Waals surface area contributed by atoms with Gasteiger partial charge in [-0.1, -0.05) is 5.10 Å². The van der Waals surface area contributed by atoms with Crippen LogP contribution in [0.25, 0.3) is 0 Å². The molecule has 0 fully saturated rings. The number of alkyl halides is 3. The maximum atomic E-state index is 12.1. The minimum atomic E-state index is -4.40. The van der Waals surface area contributed by atoms with Crippen LogP contribution in [0.4, 0.5) is 19.1 Å². The Labute approximate surface area is 110 Å². The van der Waals surface area contributed by atoms with Crippen LogP contribution in [-0.4, -0.2) is 42.1 Å². The minimum Gasteiger partial charge on any atom is -0.286 e. The first-order valence-corrected chi connectivity index (χ1v) is 5.57. The average Bonchev–Trinajstić information content (AvgIpc) is 2.96. The first-order chi connectivity index (χ1) is 9.37. The van der Waals surface area contributed by atoms with Crippen LogP contribution in [0.1, 0.15) is 17.4 Å². The van der Waals surface area contributed by atoms with E-state index in [4.69, 9.17) is 0 Å². The van der Waals surface area contributed by atoms with Gasteiger partial charge in [-0.25, -0.2) is 0 Å². The van der Waals surface area contributed by atoms with E-state index in [0.717, 1.165) is 6.20 Å². The van der Waals surface area contributed by atoms with E-state index >= 15 is 0 Å². The molecule has 0 saturated carbocycles. The van der Waals surface area contributed by atoms with Crippen LogP contribution in [0.5, 0.6) is 0 Å². The van der Waals surface area contributed by atoms with Crippen LogP contribution < -0.4 is 5.32 Å². The van der Waals surface area contributed by atoms with Crippen molar-refractivity contribution in [3.05, 3.63) is 18.0 Å². The summed E-state index contributed by atoms with van der Waals surface area (Å²) in [5.41, 5.74) is -0.165. The second-order valence-electron chi connectivity index (χ2n) is 3.77. The topological polar surface area (TPSA) is 90.5 Å². The number of aryl methyl sites for hydroxylation is 1. The number of hydrogen-bond donors (Lipinski definition) is 1. The van der Waals surface area contributed by atoms with E-state index in [9.17, 15) is 18.0 Å². The Kier molecular flexibility index (Phi) is 3.68. The Morgan fingerprint density at radius 2 is 2.15 bits per heavy atom. The first kappa shape index (κ1) is 14.0. The lowest BCUT2D eigenvalue weighted by molar-refractivity contribution is -0.142. The lowest BCUT2D eigenvalue weighted by atomic mass is 10.4. The molecule has 2 aromatic rings. The van der Waals surface area contributed by atoms with Gasteiger partial charge in [-0.15, -0.1) is 5.10 Å². The van der Waals surface area contributed by atoms with Gasteiger partial charge in [0.25, 0.3) is 11.9 Å². The van der Waals surface area contributed by atoms with E-state index < -0.39 is 18.6 Å². The number of aromatic nitrogens is 6. The number of nitrogens with one attached hydrogen (secondary N) is 1. The lowest BCUT2D eigenvalue weighted by Gasteiger charge is -2.05. The SMILES string of the molecule is CCn1nnc(NC(=O)c2ccn(CC(F)(F)F)n2)n1. The quantitative estimate of drug-likeness (QED) is 0.895. The second-order valence-corrected chi connectivity index (χ2v) is 3.77. The van der Waals surface area contributed by atoms with E-state index in [2.05, 4.69) is 25.8 Å². The maximum absolute atomic E-state index is 12.1. The molecular formula is C9H10F3N7O. The molecule has 0 aliphatic carbocycles. The molecular weight excluding hydrogens is 279 g/mol. The van der Waals surface area contributed by atoms with Crippen LogP contribution >= 0.6 is 0 Å². The van der Waals surface area contributed by atoms with Gasteiger partial charge in [0, 0.05) is 6.20 Å². The van der Waals surface area contributed by atoms with E-state index in [1.165, 1.54) is 10.9 Å². The Morgan fingerprint density at radius 1 is 1.40 bits per heavy atom. The van der Waals surface area contributed by atoms with Crippen molar-refractivity contribution in [3.63, 3.8) is 0 Å². The molecule has 0 bridgehead atoms.